The average molecular weight is 401 g/mol. The van der Waals surface area contributed by atoms with E-state index < -0.39 is 18.0 Å². The smallest absolute Gasteiger partial charge is 0.407 e. The number of carbonyl (C=O) groups excluding carboxylic acids is 2. The van der Waals surface area contributed by atoms with Crippen molar-refractivity contribution in [2.45, 2.75) is 6.04 Å². The van der Waals surface area contributed by atoms with Crippen LogP contribution in [0, 0.1) is 0 Å². The Bertz CT molecular complexity index is 1180. The van der Waals surface area contributed by atoms with Gasteiger partial charge in [0.2, 0.25) is 0 Å². The molecule has 0 saturated heterocycles. The molecule has 1 unspecified atom stereocenters. The molecule has 150 valence electrons. The molecule has 4 aromatic rings. The Labute approximate surface area is 172 Å². The number of anilines is 1. The van der Waals surface area contributed by atoms with E-state index >= 15 is 0 Å². The lowest BCUT2D eigenvalue weighted by atomic mass is 10.0. The second kappa shape index (κ2) is 8.44. The van der Waals surface area contributed by atoms with Gasteiger partial charge >= 0.3 is 6.09 Å². The fourth-order valence-electron chi connectivity index (χ4n) is 3.13. The lowest BCUT2D eigenvalue weighted by molar-refractivity contribution is -0.118. The zero-order valence-electron chi connectivity index (χ0n) is 16.1. The molecule has 30 heavy (non-hydrogen) atoms. The van der Waals surface area contributed by atoms with Crippen molar-refractivity contribution in [1.29, 1.82) is 0 Å². The van der Waals surface area contributed by atoms with E-state index in [1.807, 2.05) is 36.4 Å². The second-order valence-electron chi connectivity index (χ2n) is 6.54. The highest BCUT2D eigenvalue weighted by molar-refractivity contribution is 6.03. The van der Waals surface area contributed by atoms with E-state index in [0.717, 1.165) is 22.0 Å². The molecule has 3 N–H and O–H groups in total. The standard InChI is InChI=1S/C22H19N5O3/c1-30-22(29)24-19(14-6-3-2-4-7-14)21(28)25-20-17-12-15(9-10-18(17)26-27-20)16-8-5-11-23-13-16/h2-13,19H,1H3,(H,24,29)(H2,25,26,27,28). The van der Waals surface area contributed by atoms with Gasteiger partial charge in [0.05, 0.1) is 12.6 Å². The van der Waals surface area contributed by atoms with E-state index in [1.165, 1.54) is 7.11 Å². The summed E-state index contributed by atoms with van der Waals surface area (Å²) in [4.78, 5) is 28.9. The van der Waals surface area contributed by atoms with Gasteiger partial charge in [0.25, 0.3) is 5.91 Å². The monoisotopic (exact) mass is 401 g/mol. The normalized spacial score (nSPS) is 11.6. The van der Waals surface area contributed by atoms with Crippen LogP contribution in [0.2, 0.25) is 0 Å². The van der Waals surface area contributed by atoms with E-state index in [1.54, 1.807) is 36.7 Å². The van der Waals surface area contributed by atoms with Crippen molar-refractivity contribution in [3.63, 3.8) is 0 Å². The number of nitrogens with zero attached hydrogens (tertiary/aromatic N) is 2. The molecule has 0 aliphatic heterocycles. The molecule has 0 bridgehead atoms. The Morgan fingerprint density at radius 3 is 2.60 bits per heavy atom. The number of aromatic nitrogens is 3. The molecule has 2 heterocycles. The third-order valence-electron chi connectivity index (χ3n) is 4.64. The number of nitrogens with one attached hydrogen (secondary N) is 3. The SMILES string of the molecule is COC(=O)NC(C(=O)Nc1n[nH]c2ccc(-c3cccnc3)cc12)c1ccccc1. The lowest BCUT2D eigenvalue weighted by Gasteiger charge is -2.17. The number of alkyl carbamates (subject to hydrolysis) is 1. The van der Waals surface area contributed by atoms with Crippen LogP contribution in [0.5, 0.6) is 0 Å². The van der Waals surface area contributed by atoms with Crippen molar-refractivity contribution in [1.82, 2.24) is 20.5 Å². The summed E-state index contributed by atoms with van der Waals surface area (Å²) in [5, 5.41) is 13.2. The molecule has 0 radical (unpaired) electrons. The average Bonchev–Trinajstić information content (AvgIpc) is 3.20. The Balaban J connectivity index is 1.64. The van der Waals surface area contributed by atoms with E-state index in [2.05, 4.69) is 30.6 Å². The minimum absolute atomic E-state index is 0.369. The molecular weight excluding hydrogens is 382 g/mol. The summed E-state index contributed by atoms with van der Waals surface area (Å²) in [7, 11) is 1.25. The molecule has 4 rings (SSSR count). The van der Waals surface area contributed by atoms with Crippen molar-refractivity contribution in [2.24, 2.45) is 0 Å². The predicted molar refractivity (Wildman–Crippen MR) is 113 cm³/mol. The molecule has 0 aliphatic rings. The third-order valence-corrected chi connectivity index (χ3v) is 4.64. The van der Waals surface area contributed by atoms with Gasteiger partial charge in [-0.05, 0) is 29.3 Å². The summed E-state index contributed by atoms with van der Waals surface area (Å²) in [5.41, 5.74) is 3.29. The number of hydrogen-bond donors (Lipinski definition) is 3. The van der Waals surface area contributed by atoms with Gasteiger partial charge in [-0.25, -0.2) is 4.79 Å². The number of amides is 2. The number of benzene rings is 2. The first-order valence-electron chi connectivity index (χ1n) is 9.24. The first kappa shape index (κ1) is 19.1. The molecule has 2 aromatic heterocycles. The number of H-pyrrole nitrogens is 1. The van der Waals surface area contributed by atoms with Crippen LogP contribution in [0.15, 0.2) is 73.1 Å². The molecule has 1 atom stereocenters. The quantitative estimate of drug-likeness (QED) is 0.473. The maximum atomic E-state index is 13.0. The zero-order valence-corrected chi connectivity index (χ0v) is 16.1. The molecule has 2 aromatic carbocycles. The van der Waals surface area contributed by atoms with Crippen LogP contribution in [0.25, 0.3) is 22.0 Å². The Morgan fingerprint density at radius 2 is 1.87 bits per heavy atom. The highest BCUT2D eigenvalue weighted by Crippen LogP contribution is 2.28. The van der Waals surface area contributed by atoms with Crippen LogP contribution in [-0.4, -0.2) is 34.3 Å². The maximum absolute atomic E-state index is 13.0. The van der Waals surface area contributed by atoms with E-state index in [9.17, 15) is 9.59 Å². The first-order valence-corrected chi connectivity index (χ1v) is 9.24. The Kier molecular flexibility index (Phi) is 5.38. The van der Waals surface area contributed by atoms with Crippen LogP contribution < -0.4 is 10.6 Å². The van der Waals surface area contributed by atoms with Gasteiger partial charge in [-0.2, -0.15) is 5.10 Å². The third kappa shape index (κ3) is 3.97. The molecule has 0 fully saturated rings. The summed E-state index contributed by atoms with van der Waals surface area (Å²) in [6.45, 7) is 0. The molecule has 2 amide bonds. The fraction of sp³-hybridized carbons (Fsp3) is 0.0909. The number of ether oxygens (including phenoxy) is 1. The number of pyridine rings is 1. The fourth-order valence-corrected chi connectivity index (χ4v) is 3.13. The highest BCUT2D eigenvalue weighted by atomic mass is 16.5. The topological polar surface area (TPSA) is 109 Å². The van der Waals surface area contributed by atoms with Crippen molar-refractivity contribution in [2.75, 3.05) is 12.4 Å². The van der Waals surface area contributed by atoms with Crippen LogP contribution in [0.1, 0.15) is 11.6 Å². The van der Waals surface area contributed by atoms with Gasteiger partial charge in [0.15, 0.2) is 5.82 Å². The van der Waals surface area contributed by atoms with Crippen LogP contribution in [0.3, 0.4) is 0 Å². The van der Waals surface area contributed by atoms with Gasteiger partial charge in [0, 0.05) is 23.3 Å². The summed E-state index contributed by atoms with van der Waals surface area (Å²) < 4.78 is 4.66. The first-order chi connectivity index (χ1) is 14.7. The summed E-state index contributed by atoms with van der Waals surface area (Å²) in [6, 6.07) is 17.6. The van der Waals surface area contributed by atoms with E-state index in [-0.39, 0.29) is 0 Å². The summed E-state index contributed by atoms with van der Waals surface area (Å²) >= 11 is 0. The van der Waals surface area contributed by atoms with Gasteiger partial charge in [-0.1, -0.05) is 42.5 Å². The molecule has 8 heteroatoms. The number of methoxy groups -OCH3 is 1. The van der Waals surface area contributed by atoms with Gasteiger partial charge in [0.1, 0.15) is 6.04 Å². The minimum Gasteiger partial charge on any atom is -0.453 e. The van der Waals surface area contributed by atoms with Crippen molar-refractivity contribution in [3.05, 3.63) is 78.6 Å². The number of carbonyl (C=O) groups is 2. The minimum atomic E-state index is -0.938. The highest BCUT2D eigenvalue weighted by Gasteiger charge is 2.24. The predicted octanol–water partition coefficient (Wildman–Crippen LogP) is 3.66. The number of rotatable bonds is 5. The van der Waals surface area contributed by atoms with Gasteiger partial charge in [-0.3, -0.25) is 14.9 Å². The molecular formula is C22H19N5O3. The number of hydrogen-bond acceptors (Lipinski definition) is 5. The number of aromatic amines is 1. The van der Waals surface area contributed by atoms with E-state index in [4.69, 9.17) is 0 Å². The Hall–Kier alpha value is -4.20. The second-order valence-corrected chi connectivity index (χ2v) is 6.54. The largest absolute Gasteiger partial charge is 0.453 e. The van der Waals surface area contributed by atoms with Crippen LogP contribution in [0.4, 0.5) is 10.6 Å². The van der Waals surface area contributed by atoms with Gasteiger partial charge in [-0.15, -0.1) is 0 Å². The van der Waals surface area contributed by atoms with Crippen LogP contribution in [-0.2, 0) is 9.53 Å². The summed E-state index contributed by atoms with van der Waals surface area (Å²) in [5.74, 6) is -0.0693. The summed E-state index contributed by atoms with van der Waals surface area (Å²) in [6.07, 6.45) is 2.78. The zero-order chi connectivity index (χ0) is 20.9. The molecule has 8 nitrogen and oxygen atoms in total. The van der Waals surface area contributed by atoms with Crippen LogP contribution >= 0.6 is 0 Å². The van der Waals surface area contributed by atoms with E-state index in [0.29, 0.717) is 11.4 Å². The molecule has 0 aliphatic carbocycles. The Morgan fingerprint density at radius 1 is 1.03 bits per heavy atom. The molecule has 0 saturated carbocycles. The van der Waals surface area contributed by atoms with Gasteiger partial charge < -0.3 is 15.4 Å². The lowest BCUT2D eigenvalue weighted by Crippen LogP contribution is -2.37. The number of fused-ring (bicyclic) bond motifs is 1. The maximum Gasteiger partial charge on any atom is 0.407 e. The molecule has 0 spiro atoms. The van der Waals surface area contributed by atoms with Crippen molar-refractivity contribution in [3.8, 4) is 11.1 Å². The van der Waals surface area contributed by atoms with Crippen molar-refractivity contribution >= 4 is 28.7 Å². The van der Waals surface area contributed by atoms with Crippen molar-refractivity contribution < 1.29 is 14.3 Å².